The first-order chi connectivity index (χ1) is 12.3. The molecule has 25 heavy (non-hydrogen) atoms. The van der Waals surface area contributed by atoms with E-state index in [1.54, 1.807) is 0 Å². The highest BCUT2D eigenvalue weighted by atomic mass is 32.2. The number of hydrogen-bond donors (Lipinski definition) is 1. The summed E-state index contributed by atoms with van der Waals surface area (Å²) in [6.45, 7) is 2.61. The quantitative estimate of drug-likeness (QED) is 0.656. The summed E-state index contributed by atoms with van der Waals surface area (Å²) in [4.78, 5) is 7.92. The van der Waals surface area contributed by atoms with E-state index < -0.39 is 10.8 Å². The molecular formula is C20H25N3OS. The molecule has 1 heterocycles. The van der Waals surface area contributed by atoms with Gasteiger partial charge < -0.3 is 10.2 Å². The van der Waals surface area contributed by atoms with Gasteiger partial charge in [0.05, 0.1) is 17.3 Å². The molecule has 1 fully saturated rings. The summed E-state index contributed by atoms with van der Waals surface area (Å²) < 4.78 is 12.4. The van der Waals surface area contributed by atoms with E-state index in [1.807, 2.05) is 60.7 Å². The fraction of sp³-hybridized carbons (Fsp3) is 0.350. The summed E-state index contributed by atoms with van der Waals surface area (Å²) >= 11 is 0. The molecule has 0 saturated carbocycles. The standard InChI is InChI=1S/C20H25N3OS/c24-25(19-12-6-2-7-13-19)17-14-21-20(23-15-8-3-9-16-23)22-18-10-4-1-5-11-18/h1-2,4-7,10-13H,3,8-9,14-17H2,(H,21,22). The number of guanidine groups is 1. The molecule has 0 amide bonds. The van der Waals surface area contributed by atoms with Crippen LogP contribution >= 0.6 is 0 Å². The first-order valence-electron chi connectivity index (χ1n) is 8.88. The van der Waals surface area contributed by atoms with Gasteiger partial charge in [0, 0.05) is 29.4 Å². The summed E-state index contributed by atoms with van der Waals surface area (Å²) in [5.74, 6) is 1.44. The molecule has 1 aliphatic heterocycles. The lowest BCUT2D eigenvalue weighted by atomic mass is 10.1. The first kappa shape index (κ1) is 17.7. The molecule has 1 N–H and O–H groups in total. The lowest BCUT2D eigenvalue weighted by Crippen LogP contribution is -2.40. The Morgan fingerprint density at radius 1 is 0.960 bits per heavy atom. The molecule has 1 saturated heterocycles. The van der Waals surface area contributed by atoms with Crippen LogP contribution in [0.2, 0.25) is 0 Å². The largest absolute Gasteiger partial charge is 0.343 e. The van der Waals surface area contributed by atoms with Crippen LogP contribution in [-0.4, -0.2) is 40.5 Å². The average Bonchev–Trinajstić information content (AvgIpc) is 2.69. The Balaban J connectivity index is 1.65. The minimum atomic E-state index is -1.00. The van der Waals surface area contributed by atoms with Gasteiger partial charge in [-0.05, 0) is 43.5 Å². The summed E-state index contributed by atoms with van der Waals surface area (Å²) in [5, 5.41) is 3.44. The summed E-state index contributed by atoms with van der Waals surface area (Å²) in [6.07, 6.45) is 3.68. The van der Waals surface area contributed by atoms with Crippen LogP contribution in [-0.2, 0) is 10.8 Å². The van der Waals surface area contributed by atoms with Gasteiger partial charge in [0.2, 0.25) is 0 Å². The number of para-hydroxylation sites is 1. The van der Waals surface area contributed by atoms with Crippen LogP contribution in [0.15, 0.2) is 70.6 Å². The van der Waals surface area contributed by atoms with Gasteiger partial charge in [-0.1, -0.05) is 36.4 Å². The average molecular weight is 356 g/mol. The molecule has 2 aromatic carbocycles. The fourth-order valence-corrected chi connectivity index (χ4v) is 3.85. The molecule has 0 radical (unpaired) electrons. The highest BCUT2D eigenvalue weighted by molar-refractivity contribution is 7.85. The monoisotopic (exact) mass is 355 g/mol. The zero-order chi connectivity index (χ0) is 17.3. The van der Waals surface area contributed by atoms with E-state index in [0.717, 1.165) is 29.6 Å². The van der Waals surface area contributed by atoms with Gasteiger partial charge in [0.25, 0.3) is 0 Å². The molecule has 0 aromatic heterocycles. The molecule has 5 heteroatoms. The number of likely N-dealkylation sites (tertiary alicyclic amines) is 1. The Bertz CT molecular complexity index is 697. The Morgan fingerprint density at radius 3 is 2.28 bits per heavy atom. The smallest absolute Gasteiger partial charge is 0.198 e. The van der Waals surface area contributed by atoms with Crippen LogP contribution in [0.1, 0.15) is 19.3 Å². The fourth-order valence-electron chi connectivity index (χ4n) is 2.90. The van der Waals surface area contributed by atoms with Crippen molar-refractivity contribution in [3.05, 3.63) is 60.7 Å². The van der Waals surface area contributed by atoms with Crippen molar-refractivity contribution in [1.29, 1.82) is 0 Å². The van der Waals surface area contributed by atoms with E-state index in [2.05, 4.69) is 10.2 Å². The van der Waals surface area contributed by atoms with Gasteiger partial charge in [-0.2, -0.15) is 0 Å². The maximum atomic E-state index is 12.4. The highest BCUT2D eigenvalue weighted by Crippen LogP contribution is 2.13. The molecule has 0 aliphatic carbocycles. The third-order valence-electron chi connectivity index (χ3n) is 4.23. The number of piperidine rings is 1. The number of nitrogens with zero attached hydrogens (tertiary/aromatic N) is 2. The highest BCUT2D eigenvalue weighted by Gasteiger charge is 2.15. The minimum absolute atomic E-state index is 0.540. The summed E-state index contributed by atoms with van der Waals surface area (Å²) in [7, 11) is -1.00. The summed E-state index contributed by atoms with van der Waals surface area (Å²) in [5.41, 5.74) is 1.04. The van der Waals surface area contributed by atoms with Gasteiger partial charge in [0.1, 0.15) is 0 Å². The third-order valence-corrected chi connectivity index (χ3v) is 5.58. The second-order valence-corrected chi connectivity index (χ2v) is 7.68. The molecule has 1 aliphatic rings. The number of nitrogens with one attached hydrogen (secondary N) is 1. The maximum Gasteiger partial charge on any atom is 0.198 e. The molecule has 132 valence electrons. The summed E-state index contributed by atoms with van der Waals surface area (Å²) in [6, 6.07) is 19.7. The van der Waals surface area contributed by atoms with Crippen molar-refractivity contribution in [2.45, 2.75) is 24.2 Å². The van der Waals surface area contributed by atoms with Crippen molar-refractivity contribution in [2.75, 3.05) is 30.7 Å². The Kier molecular flexibility index (Phi) is 6.63. The van der Waals surface area contributed by atoms with Gasteiger partial charge in [-0.15, -0.1) is 0 Å². The van der Waals surface area contributed by atoms with Crippen molar-refractivity contribution < 1.29 is 4.21 Å². The molecule has 3 rings (SSSR count). The van der Waals surface area contributed by atoms with Gasteiger partial charge in [-0.25, -0.2) is 0 Å². The van der Waals surface area contributed by atoms with E-state index >= 15 is 0 Å². The first-order valence-corrected chi connectivity index (χ1v) is 10.2. The van der Waals surface area contributed by atoms with Crippen molar-refractivity contribution in [1.82, 2.24) is 4.90 Å². The number of aliphatic imine (C=N–C) groups is 1. The maximum absolute atomic E-state index is 12.4. The van der Waals surface area contributed by atoms with Crippen LogP contribution in [0.3, 0.4) is 0 Å². The molecule has 0 bridgehead atoms. The lowest BCUT2D eigenvalue weighted by molar-refractivity contribution is 0.340. The normalized spacial score (nSPS) is 16.5. The Labute approximate surface area is 152 Å². The molecular weight excluding hydrogens is 330 g/mol. The van der Waals surface area contributed by atoms with Crippen molar-refractivity contribution in [3.8, 4) is 0 Å². The van der Waals surface area contributed by atoms with E-state index in [9.17, 15) is 4.21 Å². The van der Waals surface area contributed by atoms with Crippen molar-refractivity contribution in [3.63, 3.8) is 0 Å². The zero-order valence-corrected chi connectivity index (χ0v) is 15.3. The number of rotatable bonds is 5. The molecule has 1 atom stereocenters. The van der Waals surface area contributed by atoms with Crippen molar-refractivity contribution >= 4 is 22.4 Å². The Morgan fingerprint density at radius 2 is 1.60 bits per heavy atom. The molecule has 0 spiro atoms. The predicted molar refractivity (Wildman–Crippen MR) is 106 cm³/mol. The van der Waals surface area contributed by atoms with Crippen LogP contribution in [0, 0.1) is 0 Å². The van der Waals surface area contributed by atoms with Crippen LogP contribution in [0.4, 0.5) is 5.69 Å². The molecule has 4 nitrogen and oxygen atoms in total. The second-order valence-electron chi connectivity index (χ2n) is 6.11. The van der Waals surface area contributed by atoms with E-state index in [0.29, 0.717) is 12.3 Å². The lowest BCUT2D eigenvalue weighted by Gasteiger charge is -2.30. The molecule has 1 unspecified atom stereocenters. The second kappa shape index (κ2) is 9.37. The predicted octanol–water partition coefficient (Wildman–Crippen LogP) is 3.75. The number of anilines is 1. The number of benzene rings is 2. The van der Waals surface area contributed by atoms with Crippen LogP contribution in [0.5, 0.6) is 0 Å². The van der Waals surface area contributed by atoms with Crippen LogP contribution < -0.4 is 5.32 Å². The van der Waals surface area contributed by atoms with E-state index in [4.69, 9.17) is 4.99 Å². The number of hydrogen-bond acceptors (Lipinski definition) is 2. The third kappa shape index (κ3) is 5.43. The topological polar surface area (TPSA) is 44.7 Å². The SMILES string of the molecule is O=S(CCN=C(Nc1ccccc1)N1CCCCC1)c1ccccc1. The van der Waals surface area contributed by atoms with Gasteiger partial charge in [-0.3, -0.25) is 9.20 Å². The molecule has 2 aromatic rings. The minimum Gasteiger partial charge on any atom is -0.343 e. The Hall–Kier alpha value is -2.14. The van der Waals surface area contributed by atoms with Gasteiger partial charge in [0.15, 0.2) is 5.96 Å². The van der Waals surface area contributed by atoms with E-state index in [-0.39, 0.29) is 0 Å². The van der Waals surface area contributed by atoms with E-state index in [1.165, 1.54) is 19.3 Å². The van der Waals surface area contributed by atoms with Crippen molar-refractivity contribution in [2.24, 2.45) is 4.99 Å². The van der Waals surface area contributed by atoms with Gasteiger partial charge >= 0.3 is 0 Å². The van der Waals surface area contributed by atoms with Crippen LogP contribution in [0.25, 0.3) is 0 Å². The zero-order valence-electron chi connectivity index (χ0n) is 14.4.